The lowest BCUT2D eigenvalue weighted by molar-refractivity contribution is 0.255. The van der Waals surface area contributed by atoms with Gasteiger partial charge in [0, 0.05) is 5.39 Å². The maximum absolute atomic E-state index is 4.41. The topological polar surface area (TPSA) is 62.6 Å². The highest BCUT2D eigenvalue weighted by atomic mass is 15.4. The monoisotopic (exact) mass is 358 g/mol. The van der Waals surface area contributed by atoms with E-state index in [4.69, 9.17) is 0 Å². The molecule has 1 aliphatic rings. The summed E-state index contributed by atoms with van der Waals surface area (Å²) in [5.74, 6) is 0.664. The lowest BCUT2D eigenvalue weighted by Gasteiger charge is -2.29. The van der Waals surface area contributed by atoms with Gasteiger partial charge >= 0.3 is 0 Å². The highest BCUT2D eigenvalue weighted by molar-refractivity contribution is 5.91. The molecular weight excluding hydrogens is 336 g/mol. The van der Waals surface area contributed by atoms with Gasteiger partial charge in [-0.05, 0) is 62.7 Å². The van der Waals surface area contributed by atoms with E-state index in [1.54, 1.807) is 0 Å². The summed E-state index contributed by atoms with van der Waals surface area (Å²) in [5, 5.41) is 17.2. The van der Waals surface area contributed by atoms with E-state index in [9.17, 15) is 0 Å². The first kappa shape index (κ1) is 16.2. The van der Waals surface area contributed by atoms with Crippen molar-refractivity contribution in [3.63, 3.8) is 0 Å². The highest BCUT2D eigenvalue weighted by Crippen LogP contribution is 2.28. The van der Waals surface area contributed by atoms with Crippen molar-refractivity contribution in [1.29, 1.82) is 0 Å². The maximum Gasteiger partial charge on any atom is 0.134 e. The van der Waals surface area contributed by atoms with Crippen LogP contribution >= 0.6 is 0 Å². The summed E-state index contributed by atoms with van der Waals surface area (Å²) in [6.07, 6.45) is 4.40. The summed E-state index contributed by atoms with van der Waals surface area (Å²) in [6, 6.07) is 16.8. The first-order chi connectivity index (χ1) is 13.3. The molecule has 0 radical (unpaired) electrons. The van der Waals surface area contributed by atoms with Crippen molar-refractivity contribution >= 4 is 10.9 Å². The van der Waals surface area contributed by atoms with Crippen LogP contribution < -0.4 is 0 Å². The average Bonchev–Trinajstić information content (AvgIpc) is 3.36. The van der Waals surface area contributed by atoms with Crippen molar-refractivity contribution in [1.82, 2.24) is 30.1 Å². The van der Waals surface area contributed by atoms with E-state index in [2.05, 4.69) is 56.7 Å². The number of aromatic nitrogens is 5. The predicted molar refractivity (Wildman–Crippen MR) is 106 cm³/mol. The van der Waals surface area contributed by atoms with Crippen LogP contribution in [0.2, 0.25) is 0 Å². The first-order valence-electron chi connectivity index (χ1n) is 9.42. The fourth-order valence-corrected chi connectivity index (χ4v) is 3.90. The number of hydrogen-bond acceptors (Lipinski definition) is 4. The molecule has 2 aromatic heterocycles. The number of nitrogens with zero attached hydrogens (tertiary/aromatic N) is 5. The minimum Gasteiger partial charge on any atom is -0.306 e. The molecule has 0 bridgehead atoms. The number of para-hydroxylation sites is 1. The number of piperidine rings is 1. The van der Waals surface area contributed by atoms with E-state index in [0.29, 0.717) is 5.92 Å². The Hall–Kier alpha value is -2.99. The normalized spacial score (nSPS) is 16.2. The Bertz CT molecular complexity index is 1050. The number of benzene rings is 2. The van der Waals surface area contributed by atoms with Crippen molar-refractivity contribution in [2.75, 3.05) is 20.1 Å². The molecule has 6 heteroatoms. The zero-order chi connectivity index (χ0) is 18.2. The fraction of sp³-hybridized carbons (Fsp3) is 0.286. The summed E-state index contributed by atoms with van der Waals surface area (Å²) in [7, 11) is 2.20. The number of aromatic amines is 1. The van der Waals surface area contributed by atoms with Gasteiger partial charge in [0.05, 0.1) is 17.4 Å². The SMILES string of the molecule is CN1CCC(c2ccc(-n3cc(-c4n[nH]c5ccccc45)nn3)cc2)CC1. The number of nitrogens with one attached hydrogen (secondary N) is 1. The molecule has 1 fully saturated rings. The van der Waals surface area contributed by atoms with E-state index in [1.165, 1.54) is 31.5 Å². The molecule has 136 valence electrons. The number of likely N-dealkylation sites (tertiary alicyclic amines) is 1. The predicted octanol–water partition coefficient (Wildman–Crippen LogP) is 3.62. The number of fused-ring (bicyclic) bond motifs is 1. The lowest BCUT2D eigenvalue weighted by Crippen LogP contribution is -2.29. The van der Waals surface area contributed by atoms with Gasteiger partial charge in [-0.1, -0.05) is 35.5 Å². The zero-order valence-electron chi connectivity index (χ0n) is 15.3. The minimum absolute atomic E-state index is 0.664. The van der Waals surface area contributed by atoms with E-state index in [0.717, 1.165) is 28.0 Å². The Morgan fingerprint density at radius 2 is 1.78 bits per heavy atom. The minimum atomic E-state index is 0.664. The third-order valence-corrected chi connectivity index (χ3v) is 5.55. The third kappa shape index (κ3) is 3.02. The first-order valence-corrected chi connectivity index (χ1v) is 9.42. The summed E-state index contributed by atoms with van der Waals surface area (Å²) in [5.41, 5.74) is 5.05. The molecule has 1 saturated heterocycles. The van der Waals surface area contributed by atoms with Gasteiger partial charge in [0.1, 0.15) is 11.4 Å². The summed E-state index contributed by atoms with van der Waals surface area (Å²) >= 11 is 0. The van der Waals surface area contributed by atoms with Crippen molar-refractivity contribution < 1.29 is 0 Å². The quantitative estimate of drug-likeness (QED) is 0.608. The van der Waals surface area contributed by atoms with Gasteiger partial charge in [-0.25, -0.2) is 4.68 Å². The second-order valence-electron chi connectivity index (χ2n) is 7.34. The molecule has 6 nitrogen and oxygen atoms in total. The Balaban J connectivity index is 1.40. The number of hydrogen-bond donors (Lipinski definition) is 1. The van der Waals surface area contributed by atoms with Crippen LogP contribution in [0.3, 0.4) is 0 Å². The Morgan fingerprint density at radius 1 is 1.00 bits per heavy atom. The highest BCUT2D eigenvalue weighted by Gasteiger charge is 2.18. The lowest BCUT2D eigenvalue weighted by atomic mass is 9.89. The second-order valence-corrected chi connectivity index (χ2v) is 7.34. The zero-order valence-corrected chi connectivity index (χ0v) is 15.3. The van der Waals surface area contributed by atoms with E-state index >= 15 is 0 Å². The molecule has 3 heterocycles. The molecule has 0 spiro atoms. The molecule has 4 aromatic rings. The molecule has 27 heavy (non-hydrogen) atoms. The van der Waals surface area contributed by atoms with E-state index in [-0.39, 0.29) is 0 Å². The maximum atomic E-state index is 4.41. The molecule has 0 atom stereocenters. The molecule has 0 saturated carbocycles. The van der Waals surface area contributed by atoms with Crippen LogP contribution in [0.15, 0.2) is 54.7 Å². The molecule has 1 N–H and O–H groups in total. The van der Waals surface area contributed by atoms with Gasteiger partial charge in [0.2, 0.25) is 0 Å². The molecule has 5 rings (SSSR count). The van der Waals surface area contributed by atoms with Gasteiger partial charge in [-0.2, -0.15) is 5.10 Å². The van der Waals surface area contributed by atoms with E-state index in [1.807, 2.05) is 35.1 Å². The van der Waals surface area contributed by atoms with Crippen LogP contribution in [-0.2, 0) is 0 Å². The fourth-order valence-electron chi connectivity index (χ4n) is 3.90. The van der Waals surface area contributed by atoms with Gasteiger partial charge in [-0.3, -0.25) is 5.10 Å². The summed E-state index contributed by atoms with van der Waals surface area (Å²) < 4.78 is 1.82. The number of H-pyrrole nitrogens is 1. The van der Waals surface area contributed by atoms with Crippen molar-refractivity contribution in [2.24, 2.45) is 0 Å². The van der Waals surface area contributed by atoms with Crippen molar-refractivity contribution in [3.05, 3.63) is 60.3 Å². The van der Waals surface area contributed by atoms with Gasteiger partial charge < -0.3 is 4.90 Å². The van der Waals surface area contributed by atoms with E-state index < -0.39 is 0 Å². The molecule has 0 unspecified atom stereocenters. The second kappa shape index (κ2) is 6.63. The number of rotatable bonds is 3. The molecule has 0 aliphatic carbocycles. The Kier molecular flexibility index (Phi) is 3.98. The smallest absolute Gasteiger partial charge is 0.134 e. The van der Waals surface area contributed by atoms with Crippen LogP contribution in [0.1, 0.15) is 24.3 Å². The molecule has 0 amide bonds. The average molecular weight is 358 g/mol. The van der Waals surface area contributed by atoms with Crippen molar-refractivity contribution in [2.45, 2.75) is 18.8 Å². The Morgan fingerprint density at radius 3 is 2.59 bits per heavy atom. The van der Waals surface area contributed by atoms with Gasteiger partial charge in [0.15, 0.2) is 0 Å². The molecular formula is C21H22N6. The molecule has 2 aromatic carbocycles. The Labute approximate surface area is 157 Å². The molecule has 1 aliphatic heterocycles. The van der Waals surface area contributed by atoms with Crippen LogP contribution in [0.5, 0.6) is 0 Å². The summed E-state index contributed by atoms with van der Waals surface area (Å²) in [6.45, 7) is 2.35. The van der Waals surface area contributed by atoms with Gasteiger partial charge in [0.25, 0.3) is 0 Å². The summed E-state index contributed by atoms with van der Waals surface area (Å²) in [4.78, 5) is 2.40. The van der Waals surface area contributed by atoms with Crippen LogP contribution in [0.25, 0.3) is 28.0 Å². The van der Waals surface area contributed by atoms with Crippen molar-refractivity contribution in [3.8, 4) is 17.1 Å². The van der Waals surface area contributed by atoms with Crippen LogP contribution in [0, 0.1) is 0 Å². The third-order valence-electron chi connectivity index (χ3n) is 5.55. The van der Waals surface area contributed by atoms with Gasteiger partial charge in [-0.15, -0.1) is 5.10 Å². The largest absolute Gasteiger partial charge is 0.306 e. The standard InChI is InChI=1S/C21H22N6/c1-26-12-10-16(11-13-26)15-6-8-17(9-7-15)27-14-20(23-25-27)21-18-4-2-3-5-19(18)22-24-21/h2-9,14,16H,10-13H2,1H3,(H,22,24). The van der Waals surface area contributed by atoms with Crippen LogP contribution in [-0.4, -0.2) is 50.2 Å². The van der Waals surface area contributed by atoms with Crippen LogP contribution in [0.4, 0.5) is 0 Å².